The van der Waals surface area contributed by atoms with Crippen LogP contribution in [0.3, 0.4) is 0 Å². The van der Waals surface area contributed by atoms with Crippen LogP contribution in [-0.4, -0.2) is 30.5 Å². The molecule has 0 spiro atoms. The van der Waals surface area contributed by atoms with Gasteiger partial charge in [-0.3, -0.25) is 9.59 Å². The van der Waals surface area contributed by atoms with Gasteiger partial charge in [-0.05, 0) is 55.3 Å². The number of esters is 1. The van der Waals surface area contributed by atoms with E-state index in [2.05, 4.69) is 5.32 Å². The van der Waals surface area contributed by atoms with Crippen molar-refractivity contribution in [2.24, 2.45) is 5.73 Å². The molecule has 0 radical (unpaired) electrons. The van der Waals surface area contributed by atoms with Gasteiger partial charge in [-0.1, -0.05) is 19.1 Å². The van der Waals surface area contributed by atoms with Crippen molar-refractivity contribution in [1.82, 2.24) is 0 Å². The van der Waals surface area contributed by atoms with Crippen LogP contribution in [0.2, 0.25) is 0 Å². The fraction of sp³-hybridized carbons (Fsp3) is 0.250. The maximum absolute atomic E-state index is 12.2. The Bertz CT molecular complexity index is 800. The van der Waals surface area contributed by atoms with Crippen molar-refractivity contribution in [1.29, 1.82) is 0 Å². The number of benzene rings is 2. The van der Waals surface area contributed by atoms with E-state index in [0.29, 0.717) is 11.4 Å². The Hall–Kier alpha value is -3.35. The molecule has 7 nitrogen and oxygen atoms in total. The molecule has 0 saturated heterocycles. The predicted octanol–water partition coefficient (Wildman–Crippen LogP) is 2.30. The van der Waals surface area contributed by atoms with Crippen molar-refractivity contribution in [3.63, 3.8) is 0 Å². The van der Waals surface area contributed by atoms with Crippen LogP contribution in [0.1, 0.15) is 29.8 Å². The van der Waals surface area contributed by atoms with E-state index in [-0.39, 0.29) is 12.2 Å². The van der Waals surface area contributed by atoms with Gasteiger partial charge < -0.3 is 20.5 Å². The molecule has 2 aromatic rings. The molecule has 0 unspecified atom stereocenters. The summed E-state index contributed by atoms with van der Waals surface area (Å²) in [5, 5.41) is 2.71. The molecule has 0 heterocycles. The molecular formula is C20H22N2O5. The smallest absolute Gasteiger partial charge is 0.338 e. The second kappa shape index (κ2) is 9.38. The number of anilines is 1. The molecular weight excluding hydrogens is 348 g/mol. The summed E-state index contributed by atoms with van der Waals surface area (Å²) in [6, 6.07) is 13.4. The predicted molar refractivity (Wildman–Crippen MR) is 100 cm³/mol. The van der Waals surface area contributed by atoms with Gasteiger partial charge in [0.05, 0.1) is 5.56 Å². The minimum Gasteiger partial charge on any atom is -0.484 e. The van der Waals surface area contributed by atoms with Crippen LogP contribution in [-0.2, 0) is 20.7 Å². The second-order valence-electron chi connectivity index (χ2n) is 5.87. The maximum Gasteiger partial charge on any atom is 0.338 e. The van der Waals surface area contributed by atoms with Crippen LogP contribution in [0.15, 0.2) is 48.5 Å². The van der Waals surface area contributed by atoms with Gasteiger partial charge in [-0.25, -0.2) is 4.79 Å². The van der Waals surface area contributed by atoms with Crippen molar-refractivity contribution in [2.75, 3.05) is 11.9 Å². The molecule has 0 aliphatic heterocycles. The van der Waals surface area contributed by atoms with Crippen molar-refractivity contribution in [3.05, 3.63) is 59.7 Å². The molecule has 7 heteroatoms. The Morgan fingerprint density at radius 3 is 2.22 bits per heavy atom. The quantitative estimate of drug-likeness (QED) is 0.693. The summed E-state index contributed by atoms with van der Waals surface area (Å²) in [7, 11) is 0. The Balaban J connectivity index is 1.89. The summed E-state index contributed by atoms with van der Waals surface area (Å²) >= 11 is 0. The number of nitrogens with one attached hydrogen (secondary N) is 1. The third-order valence-corrected chi connectivity index (χ3v) is 3.75. The molecule has 142 valence electrons. The lowest BCUT2D eigenvalue weighted by Gasteiger charge is -2.14. The first-order valence-corrected chi connectivity index (χ1v) is 8.51. The highest BCUT2D eigenvalue weighted by Crippen LogP contribution is 2.14. The highest BCUT2D eigenvalue weighted by atomic mass is 16.5. The first-order chi connectivity index (χ1) is 12.9. The molecule has 0 aliphatic carbocycles. The van der Waals surface area contributed by atoms with E-state index in [1.54, 1.807) is 12.1 Å². The van der Waals surface area contributed by atoms with Crippen LogP contribution in [0.4, 0.5) is 5.69 Å². The Labute approximate surface area is 157 Å². The van der Waals surface area contributed by atoms with Crippen molar-refractivity contribution >= 4 is 23.5 Å². The van der Waals surface area contributed by atoms with E-state index in [9.17, 15) is 14.4 Å². The summed E-state index contributed by atoms with van der Waals surface area (Å²) in [5.74, 6) is -1.26. The topological polar surface area (TPSA) is 108 Å². The van der Waals surface area contributed by atoms with Crippen molar-refractivity contribution in [3.8, 4) is 5.75 Å². The van der Waals surface area contributed by atoms with Gasteiger partial charge in [0.1, 0.15) is 5.75 Å². The van der Waals surface area contributed by atoms with Gasteiger partial charge >= 0.3 is 5.97 Å². The molecule has 2 rings (SSSR count). The third kappa shape index (κ3) is 6.14. The minimum atomic E-state index is -0.964. The van der Waals surface area contributed by atoms with Gasteiger partial charge in [0.2, 0.25) is 0 Å². The molecule has 3 N–H and O–H groups in total. The van der Waals surface area contributed by atoms with E-state index in [1.807, 2.05) is 19.1 Å². The maximum atomic E-state index is 12.2. The Morgan fingerprint density at radius 2 is 1.67 bits per heavy atom. The van der Waals surface area contributed by atoms with Crippen LogP contribution in [0.25, 0.3) is 0 Å². The highest BCUT2D eigenvalue weighted by molar-refractivity contribution is 5.97. The average molecular weight is 370 g/mol. The normalized spacial score (nSPS) is 11.3. The summed E-state index contributed by atoms with van der Waals surface area (Å²) < 4.78 is 10.3. The lowest BCUT2D eigenvalue weighted by molar-refractivity contribution is -0.123. The number of carbonyl (C=O) groups is 3. The van der Waals surface area contributed by atoms with E-state index in [1.165, 1.54) is 31.2 Å². The standard InChI is InChI=1S/C20H22N2O5/c1-3-14-4-8-16(9-5-14)22-19(24)13(2)27-20(25)15-6-10-17(11-7-15)26-12-18(21)23/h4-11,13H,3,12H2,1-2H3,(H2,21,23)(H,22,24)/t13-/m1/s1. The molecule has 0 saturated carbocycles. The van der Waals surface area contributed by atoms with Gasteiger partial charge in [-0.2, -0.15) is 0 Å². The van der Waals surface area contributed by atoms with Crippen LogP contribution < -0.4 is 15.8 Å². The number of carbonyl (C=O) groups excluding carboxylic acids is 3. The molecule has 2 aromatic carbocycles. The van der Waals surface area contributed by atoms with E-state index in [0.717, 1.165) is 12.0 Å². The molecule has 27 heavy (non-hydrogen) atoms. The van der Waals surface area contributed by atoms with Gasteiger partial charge in [0.15, 0.2) is 12.7 Å². The average Bonchev–Trinajstić information content (AvgIpc) is 2.67. The number of nitrogens with two attached hydrogens (primary N) is 1. The van der Waals surface area contributed by atoms with Crippen LogP contribution in [0.5, 0.6) is 5.75 Å². The summed E-state index contributed by atoms with van der Waals surface area (Å²) in [4.78, 5) is 35.0. The zero-order valence-electron chi connectivity index (χ0n) is 15.2. The number of hydrogen-bond acceptors (Lipinski definition) is 5. The summed E-state index contributed by atoms with van der Waals surface area (Å²) in [6.07, 6.45) is -0.0524. The number of hydrogen-bond donors (Lipinski definition) is 2. The van der Waals surface area contributed by atoms with E-state index in [4.69, 9.17) is 15.2 Å². The first kappa shape index (κ1) is 20.0. The largest absolute Gasteiger partial charge is 0.484 e. The molecule has 0 fully saturated rings. The molecule has 0 aromatic heterocycles. The number of primary amides is 1. The van der Waals surface area contributed by atoms with Crippen molar-refractivity contribution < 1.29 is 23.9 Å². The fourth-order valence-electron chi connectivity index (χ4n) is 2.19. The van der Waals surface area contributed by atoms with Crippen molar-refractivity contribution in [2.45, 2.75) is 26.4 Å². The number of amides is 2. The Morgan fingerprint density at radius 1 is 1.04 bits per heavy atom. The summed E-state index contributed by atoms with van der Waals surface area (Å²) in [6.45, 7) is 3.30. The number of aryl methyl sites for hydroxylation is 1. The van der Waals surface area contributed by atoms with Gasteiger partial charge in [-0.15, -0.1) is 0 Å². The van der Waals surface area contributed by atoms with Crippen LogP contribution in [0, 0.1) is 0 Å². The highest BCUT2D eigenvalue weighted by Gasteiger charge is 2.19. The number of rotatable bonds is 8. The van der Waals surface area contributed by atoms with Gasteiger partial charge in [0.25, 0.3) is 11.8 Å². The molecule has 2 amide bonds. The fourth-order valence-corrected chi connectivity index (χ4v) is 2.19. The number of ether oxygens (including phenoxy) is 2. The third-order valence-electron chi connectivity index (χ3n) is 3.75. The van der Waals surface area contributed by atoms with E-state index < -0.39 is 23.9 Å². The molecule has 0 bridgehead atoms. The van der Waals surface area contributed by atoms with Crippen LogP contribution >= 0.6 is 0 Å². The van der Waals surface area contributed by atoms with Gasteiger partial charge in [0, 0.05) is 5.69 Å². The summed E-state index contributed by atoms with van der Waals surface area (Å²) in [5.41, 5.74) is 7.05. The SMILES string of the molecule is CCc1ccc(NC(=O)[C@@H](C)OC(=O)c2ccc(OCC(N)=O)cc2)cc1. The Kier molecular flexibility index (Phi) is 6.93. The minimum absolute atomic E-state index is 0.250. The second-order valence-corrected chi connectivity index (χ2v) is 5.87. The first-order valence-electron chi connectivity index (χ1n) is 8.51. The van der Waals surface area contributed by atoms with E-state index >= 15 is 0 Å². The lowest BCUT2D eigenvalue weighted by atomic mass is 10.1. The lowest BCUT2D eigenvalue weighted by Crippen LogP contribution is -2.30. The molecule has 1 atom stereocenters. The zero-order chi connectivity index (χ0) is 19.8. The molecule has 0 aliphatic rings. The zero-order valence-corrected chi connectivity index (χ0v) is 15.2. The monoisotopic (exact) mass is 370 g/mol.